The minimum Gasteiger partial charge on any atom is -0.383 e. The van der Waals surface area contributed by atoms with Crippen molar-refractivity contribution in [2.75, 3.05) is 18.4 Å². The Balaban J connectivity index is 1.40. The van der Waals surface area contributed by atoms with E-state index >= 15 is 0 Å². The number of carbonyl (C=O) groups excluding carboxylic acids is 1. The molecule has 2 saturated carbocycles. The fourth-order valence-electron chi connectivity index (χ4n) is 3.71. The van der Waals surface area contributed by atoms with Gasteiger partial charge in [-0.2, -0.15) is 0 Å². The van der Waals surface area contributed by atoms with E-state index in [1.807, 2.05) is 12.1 Å². The van der Waals surface area contributed by atoms with Gasteiger partial charge in [-0.3, -0.25) is 25.1 Å². The van der Waals surface area contributed by atoms with Gasteiger partial charge in [0.15, 0.2) is 5.96 Å². The summed E-state index contributed by atoms with van der Waals surface area (Å²) in [5, 5.41) is 9.77. The minimum absolute atomic E-state index is 0.0774. The van der Waals surface area contributed by atoms with Gasteiger partial charge in [-0.15, -0.1) is 0 Å². The lowest BCUT2D eigenvalue weighted by Gasteiger charge is -2.16. The number of pyridine rings is 1. The van der Waals surface area contributed by atoms with E-state index in [1.54, 1.807) is 18.5 Å². The first-order chi connectivity index (χ1) is 15.4. The number of amidine groups is 1. The Hall–Kier alpha value is -3.13. The molecule has 2 aromatic rings. The largest absolute Gasteiger partial charge is 0.383 e. The van der Waals surface area contributed by atoms with E-state index in [9.17, 15) is 4.79 Å². The molecule has 1 amide bonds. The van der Waals surface area contributed by atoms with Crippen LogP contribution < -0.4 is 21.7 Å². The van der Waals surface area contributed by atoms with E-state index in [0.29, 0.717) is 46.1 Å². The Morgan fingerprint density at radius 1 is 1.28 bits per heavy atom. The molecule has 0 atom stereocenters. The molecule has 3 aliphatic rings. The number of guanidine groups is 1. The summed E-state index contributed by atoms with van der Waals surface area (Å²) in [5.41, 5.74) is 10.0. The van der Waals surface area contributed by atoms with E-state index in [0.717, 1.165) is 43.5 Å². The Morgan fingerprint density at radius 3 is 2.78 bits per heavy atom. The summed E-state index contributed by atoms with van der Waals surface area (Å²) in [6.45, 7) is 3.50. The minimum atomic E-state index is -0.175. The molecule has 0 bridgehead atoms. The van der Waals surface area contributed by atoms with Gasteiger partial charge in [0, 0.05) is 24.0 Å². The molecule has 0 spiro atoms. The van der Waals surface area contributed by atoms with Crippen LogP contribution in [0.4, 0.5) is 11.4 Å². The molecule has 9 heteroatoms. The molecule has 0 unspecified atom stereocenters. The van der Waals surface area contributed by atoms with Crippen LogP contribution in [-0.4, -0.2) is 41.3 Å². The predicted octanol–water partition coefficient (Wildman–Crippen LogP) is 3.30. The van der Waals surface area contributed by atoms with Crippen molar-refractivity contribution in [3.05, 3.63) is 52.3 Å². The van der Waals surface area contributed by atoms with Crippen molar-refractivity contribution in [3.8, 4) is 0 Å². The van der Waals surface area contributed by atoms with Gasteiger partial charge < -0.3 is 16.4 Å². The summed E-state index contributed by atoms with van der Waals surface area (Å²) in [7, 11) is 0. The van der Waals surface area contributed by atoms with Crippen LogP contribution in [0.15, 0.2) is 40.6 Å². The molecular weight excluding hydrogens is 426 g/mol. The second kappa shape index (κ2) is 8.09. The highest BCUT2D eigenvalue weighted by molar-refractivity contribution is 6.36. The maximum absolute atomic E-state index is 12.6. The second-order valence-electron chi connectivity index (χ2n) is 8.86. The van der Waals surface area contributed by atoms with Crippen LogP contribution >= 0.6 is 11.6 Å². The van der Waals surface area contributed by atoms with Crippen LogP contribution in [0.25, 0.3) is 0 Å². The molecule has 1 aromatic carbocycles. The molecule has 2 heterocycles. The van der Waals surface area contributed by atoms with Crippen molar-refractivity contribution >= 4 is 40.7 Å². The summed E-state index contributed by atoms with van der Waals surface area (Å²) < 4.78 is 0. The zero-order valence-corrected chi connectivity index (χ0v) is 18.7. The van der Waals surface area contributed by atoms with Crippen LogP contribution in [0.2, 0.25) is 5.02 Å². The predicted molar refractivity (Wildman–Crippen MR) is 127 cm³/mol. The quantitative estimate of drug-likeness (QED) is 0.397. The third kappa shape index (κ3) is 4.41. The molecule has 166 valence electrons. The van der Waals surface area contributed by atoms with Gasteiger partial charge >= 0.3 is 0 Å². The average molecular weight is 452 g/mol. The van der Waals surface area contributed by atoms with E-state index in [1.165, 1.54) is 0 Å². The number of anilines is 2. The number of rotatable bonds is 6. The first-order valence-corrected chi connectivity index (χ1v) is 11.3. The van der Waals surface area contributed by atoms with Crippen LogP contribution in [0.5, 0.6) is 0 Å². The summed E-state index contributed by atoms with van der Waals surface area (Å²) in [5.74, 6) is 1.18. The summed E-state index contributed by atoms with van der Waals surface area (Å²) in [4.78, 5) is 25.8. The third-order valence-electron chi connectivity index (χ3n) is 6.03. The van der Waals surface area contributed by atoms with E-state index in [2.05, 4.69) is 37.8 Å². The SMILES string of the molecule is CC1(N=C(N)c2cncc(Nc3ccc(C(=O)NC4=NCCN4)cc3C3CC3)c2Cl)CC1. The first kappa shape index (κ1) is 20.8. The van der Waals surface area contributed by atoms with Crippen molar-refractivity contribution in [1.29, 1.82) is 0 Å². The molecule has 2 fully saturated rings. The van der Waals surface area contributed by atoms with Crippen LogP contribution in [0.3, 0.4) is 0 Å². The number of aromatic nitrogens is 1. The number of hydrogen-bond acceptors (Lipinski definition) is 6. The van der Waals surface area contributed by atoms with Gasteiger partial charge in [0.25, 0.3) is 5.91 Å². The molecule has 8 nitrogen and oxygen atoms in total. The summed E-state index contributed by atoms with van der Waals surface area (Å²) in [6, 6.07) is 5.66. The van der Waals surface area contributed by atoms with Gasteiger partial charge in [-0.05, 0) is 62.3 Å². The number of benzene rings is 1. The third-order valence-corrected chi connectivity index (χ3v) is 6.43. The highest BCUT2D eigenvalue weighted by Gasteiger charge is 2.37. The zero-order valence-electron chi connectivity index (χ0n) is 17.9. The van der Waals surface area contributed by atoms with Crippen LogP contribution in [-0.2, 0) is 0 Å². The van der Waals surface area contributed by atoms with Gasteiger partial charge in [0.1, 0.15) is 5.84 Å². The lowest BCUT2D eigenvalue weighted by molar-refractivity contribution is 0.0976. The zero-order chi connectivity index (χ0) is 22.3. The maximum atomic E-state index is 12.6. The number of carbonyl (C=O) groups is 1. The van der Waals surface area contributed by atoms with Gasteiger partial charge in [0.05, 0.1) is 34.6 Å². The maximum Gasteiger partial charge on any atom is 0.257 e. The lowest BCUT2D eigenvalue weighted by Crippen LogP contribution is -2.38. The summed E-state index contributed by atoms with van der Waals surface area (Å²) >= 11 is 6.68. The number of nitrogens with zero attached hydrogens (tertiary/aromatic N) is 3. The highest BCUT2D eigenvalue weighted by atomic mass is 35.5. The average Bonchev–Trinajstić information content (AvgIpc) is 3.69. The lowest BCUT2D eigenvalue weighted by atomic mass is 10.0. The van der Waals surface area contributed by atoms with Crippen molar-refractivity contribution in [1.82, 2.24) is 15.6 Å². The monoisotopic (exact) mass is 451 g/mol. The van der Waals surface area contributed by atoms with Gasteiger partial charge in [-0.1, -0.05) is 11.6 Å². The molecule has 1 aliphatic heterocycles. The second-order valence-corrected chi connectivity index (χ2v) is 9.23. The van der Waals surface area contributed by atoms with E-state index in [4.69, 9.17) is 17.3 Å². The molecule has 1 aromatic heterocycles. The Kier molecular flexibility index (Phi) is 5.25. The van der Waals surface area contributed by atoms with Crippen molar-refractivity contribution in [2.45, 2.75) is 44.1 Å². The normalized spacial score (nSPS) is 19.2. The number of amides is 1. The number of nitrogens with two attached hydrogens (primary N) is 1. The van der Waals surface area contributed by atoms with Gasteiger partial charge in [-0.25, -0.2) is 0 Å². The number of halogens is 1. The number of aliphatic imine (C=N–C) groups is 2. The van der Waals surface area contributed by atoms with E-state index in [-0.39, 0.29) is 11.4 Å². The molecule has 5 N–H and O–H groups in total. The Bertz CT molecular complexity index is 1140. The van der Waals surface area contributed by atoms with E-state index < -0.39 is 0 Å². The van der Waals surface area contributed by atoms with Crippen LogP contribution in [0, 0.1) is 0 Å². The highest BCUT2D eigenvalue weighted by Crippen LogP contribution is 2.45. The topological polar surface area (TPSA) is 117 Å². The first-order valence-electron chi connectivity index (χ1n) is 10.9. The fraction of sp³-hybridized carbons (Fsp3) is 0.391. The van der Waals surface area contributed by atoms with Crippen molar-refractivity contribution in [3.63, 3.8) is 0 Å². The molecule has 5 rings (SSSR count). The van der Waals surface area contributed by atoms with Gasteiger partial charge in [0.2, 0.25) is 0 Å². The number of nitrogens with one attached hydrogen (secondary N) is 3. The Morgan fingerprint density at radius 2 is 2.09 bits per heavy atom. The fourth-order valence-corrected chi connectivity index (χ4v) is 3.95. The number of hydrogen-bond donors (Lipinski definition) is 4. The van der Waals surface area contributed by atoms with Crippen LogP contribution in [0.1, 0.15) is 60.0 Å². The molecule has 0 radical (unpaired) electrons. The molecule has 2 aliphatic carbocycles. The molecular formula is C23H26ClN7O. The standard InChI is InChI=1S/C23H26ClN7O/c1-23(6-7-23)31-20(25)16-11-26-12-18(19(16)24)29-17-5-4-14(10-15(17)13-2-3-13)21(32)30-22-27-8-9-28-22/h4-5,10-13,29H,2-3,6-9H2,1H3,(H2,25,31)(H2,27,28,30,32). The Labute approximate surface area is 191 Å². The van der Waals surface area contributed by atoms with Crippen molar-refractivity contribution in [2.24, 2.45) is 15.7 Å². The molecule has 32 heavy (non-hydrogen) atoms. The molecule has 0 saturated heterocycles. The summed E-state index contributed by atoms with van der Waals surface area (Å²) in [6.07, 6.45) is 7.58. The van der Waals surface area contributed by atoms with Crippen molar-refractivity contribution < 1.29 is 4.79 Å². The smallest absolute Gasteiger partial charge is 0.257 e.